The summed E-state index contributed by atoms with van der Waals surface area (Å²) < 4.78 is 5.55. The van der Waals surface area contributed by atoms with Crippen molar-refractivity contribution in [2.45, 2.75) is 13.3 Å². The highest BCUT2D eigenvalue weighted by molar-refractivity contribution is 6.13. The zero-order valence-electron chi connectivity index (χ0n) is 14.2. The van der Waals surface area contributed by atoms with E-state index in [0.29, 0.717) is 12.2 Å². The first-order valence-electron chi connectivity index (χ1n) is 8.46. The predicted octanol–water partition coefficient (Wildman–Crippen LogP) is 5.44. The average Bonchev–Trinajstić information content (AvgIpc) is 2.67. The first-order valence-corrected chi connectivity index (χ1v) is 8.46. The highest BCUT2D eigenvalue weighted by Crippen LogP contribution is 2.19. The first-order chi connectivity index (χ1) is 12.3. The lowest BCUT2D eigenvalue weighted by Gasteiger charge is -2.06. The van der Waals surface area contributed by atoms with Crippen molar-refractivity contribution < 1.29 is 9.53 Å². The highest BCUT2D eigenvalue weighted by atomic mass is 16.5. The minimum atomic E-state index is -0.0211. The van der Waals surface area contributed by atoms with E-state index >= 15 is 0 Å². The monoisotopic (exact) mass is 331 g/mol. The van der Waals surface area contributed by atoms with Crippen LogP contribution in [0, 0.1) is 0 Å². The predicted molar refractivity (Wildman–Crippen MR) is 103 cm³/mol. The van der Waals surface area contributed by atoms with Gasteiger partial charge in [-0.3, -0.25) is 4.79 Å². The molecule has 0 radical (unpaired) electrons. The number of benzene rings is 3. The minimum absolute atomic E-state index is 0.0211. The van der Waals surface area contributed by atoms with E-state index in [1.54, 1.807) is 12.3 Å². The van der Waals surface area contributed by atoms with Crippen molar-refractivity contribution in [1.29, 1.82) is 0 Å². The smallest absolute Gasteiger partial charge is 0.187 e. The van der Waals surface area contributed by atoms with Crippen LogP contribution < -0.4 is 10.1 Å². The van der Waals surface area contributed by atoms with Crippen LogP contribution in [0.5, 0.6) is 5.75 Å². The number of carbonyl (C=O) groups excluding carboxylic acids is 1. The molecule has 0 spiro atoms. The quantitative estimate of drug-likeness (QED) is 0.463. The molecule has 0 saturated heterocycles. The van der Waals surface area contributed by atoms with Gasteiger partial charge in [0.05, 0.1) is 6.61 Å². The van der Waals surface area contributed by atoms with Gasteiger partial charge in [0.15, 0.2) is 5.78 Å². The molecule has 0 heterocycles. The molecule has 126 valence electrons. The second kappa shape index (κ2) is 8.15. The fourth-order valence-electron chi connectivity index (χ4n) is 2.61. The zero-order chi connectivity index (χ0) is 17.5. The zero-order valence-corrected chi connectivity index (χ0v) is 14.2. The molecular weight excluding hydrogens is 310 g/mol. The Hall–Kier alpha value is -3.07. The summed E-state index contributed by atoms with van der Waals surface area (Å²) in [4.78, 5) is 12.5. The van der Waals surface area contributed by atoms with Gasteiger partial charge in [-0.25, -0.2) is 0 Å². The van der Waals surface area contributed by atoms with Gasteiger partial charge in [-0.1, -0.05) is 49.4 Å². The van der Waals surface area contributed by atoms with Crippen molar-refractivity contribution in [2.75, 3.05) is 11.9 Å². The van der Waals surface area contributed by atoms with Crippen LogP contribution in [-0.4, -0.2) is 12.4 Å². The van der Waals surface area contributed by atoms with Crippen molar-refractivity contribution in [2.24, 2.45) is 0 Å². The number of allylic oxidation sites excluding steroid dienone is 1. The second-order valence-corrected chi connectivity index (χ2v) is 5.74. The number of carbonyl (C=O) groups is 1. The van der Waals surface area contributed by atoms with Crippen LogP contribution in [-0.2, 0) is 0 Å². The van der Waals surface area contributed by atoms with Crippen molar-refractivity contribution in [3.8, 4) is 5.75 Å². The lowest BCUT2D eigenvalue weighted by Crippen LogP contribution is -1.98. The highest BCUT2D eigenvalue weighted by Gasteiger charge is 2.06. The SMILES string of the molecule is CCCOc1ccc(N/C=C/C(=O)c2cccc3ccccc23)cc1. The number of hydrogen-bond acceptors (Lipinski definition) is 3. The molecule has 3 aromatic carbocycles. The van der Waals surface area contributed by atoms with Crippen LogP contribution in [0.4, 0.5) is 5.69 Å². The summed E-state index contributed by atoms with van der Waals surface area (Å²) in [5, 5.41) is 5.16. The third kappa shape index (κ3) is 4.27. The van der Waals surface area contributed by atoms with E-state index in [-0.39, 0.29) is 5.78 Å². The average molecular weight is 331 g/mol. The second-order valence-electron chi connectivity index (χ2n) is 5.74. The molecule has 0 saturated carbocycles. The van der Waals surface area contributed by atoms with Gasteiger partial charge in [-0.05, 0) is 41.5 Å². The first kappa shape index (κ1) is 16.8. The fourth-order valence-corrected chi connectivity index (χ4v) is 2.61. The number of hydrogen-bond donors (Lipinski definition) is 1. The van der Waals surface area contributed by atoms with Gasteiger partial charge >= 0.3 is 0 Å². The topological polar surface area (TPSA) is 38.3 Å². The Labute approximate surface area is 147 Å². The van der Waals surface area contributed by atoms with Gasteiger partial charge < -0.3 is 10.1 Å². The molecule has 25 heavy (non-hydrogen) atoms. The molecule has 3 heteroatoms. The third-order valence-electron chi connectivity index (χ3n) is 3.87. The maximum Gasteiger partial charge on any atom is 0.187 e. The Balaban J connectivity index is 1.66. The molecule has 0 amide bonds. The van der Waals surface area contributed by atoms with Crippen LogP contribution in [0.25, 0.3) is 10.8 Å². The Morgan fingerprint density at radius 3 is 2.56 bits per heavy atom. The molecule has 3 aromatic rings. The molecule has 0 aliphatic rings. The molecule has 0 unspecified atom stereocenters. The molecule has 0 aliphatic carbocycles. The Morgan fingerprint density at radius 1 is 1.00 bits per heavy atom. The summed E-state index contributed by atoms with van der Waals surface area (Å²) in [6.45, 7) is 2.79. The van der Waals surface area contributed by atoms with Crippen molar-refractivity contribution in [3.05, 3.63) is 84.6 Å². The Bertz CT molecular complexity index is 877. The fraction of sp³-hybridized carbons (Fsp3) is 0.136. The summed E-state index contributed by atoms with van der Waals surface area (Å²) in [6.07, 6.45) is 4.22. The molecule has 0 bridgehead atoms. The summed E-state index contributed by atoms with van der Waals surface area (Å²) in [6, 6.07) is 21.4. The van der Waals surface area contributed by atoms with Crippen LogP contribution >= 0.6 is 0 Å². The van der Waals surface area contributed by atoms with Crippen molar-refractivity contribution in [1.82, 2.24) is 0 Å². The number of ether oxygens (including phenoxy) is 1. The maximum absolute atomic E-state index is 12.5. The number of ketones is 1. The molecule has 3 nitrogen and oxygen atoms in total. The molecule has 0 aromatic heterocycles. The third-order valence-corrected chi connectivity index (χ3v) is 3.87. The standard InChI is InChI=1S/C22H21NO2/c1-2-16-25-19-12-10-18(11-13-19)23-15-14-22(24)21-9-5-7-17-6-3-4-8-20(17)21/h3-15,23H,2,16H2,1H3/b15-14+. The van der Waals surface area contributed by atoms with Gasteiger partial charge in [-0.15, -0.1) is 0 Å². The minimum Gasteiger partial charge on any atom is -0.494 e. The van der Waals surface area contributed by atoms with E-state index < -0.39 is 0 Å². The van der Waals surface area contributed by atoms with E-state index in [4.69, 9.17) is 4.74 Å². The van der Waals surface area contributed by atoms with Gasteiger partial charge in [0.1, 0.15) is 5.75 Å². The summed E-state index contributed by atoms with van der Waals surface area (Å²) >= 11 is 0. The Kier molecular flexibility index (Phi) is 5.47. The van der Waals surface area contributed by atoms with Crippen molar-refractivity contribution in [3.63, 3.8) is 0 Å². The number of rotatable bonds is 7. The molecule has 0 atom stereocenters. The molecule has 0 aliphatic heterocycles. The van der Waals surface area contributed by atoms with Crippen LogP contribution in [0.3, 0.4) is 0 Å². The van der Waals surface area contributed by atoms with Crippen LogP contribution in [0.15, 0.2) is 79.0 Å². The van der Waals surface area contributed by atoms with E-state index in [1.807, 2.05) is 66.7 Å². The number of anilines is 1. The molecule has 1 N–H and O–H groups in total. The van der Waals surface area contributed by atoms with Crippen LogP contribution in [0.1, 0.15) is 23.7 Å². The van der Waals surface area contributed by atoms with Gasteiger partial charge in [0.2, 0.25) is 0 Å². The normalized spacial score (nSPS) is 10.9. The van der Waals surface area contributed by atoms with E-state index in [9.17, 15) is 4.79 Å². The van der Waals surface area contributed by atoms with E-state index in [1.165, 1.54) is 0 Å². The van der Waals surface area contributed by atoms with Gasteiger partial charge in [0.25, 0.3) is 0 Å². The Morgan fingerprint density at radius 2 is 1.76 bits per heavy atom. The van der Waals surface area contributed by atoms with Gasteiger partial charge in [-0.2, -0.15) is 0 Å². The largest absolute Gasteiger partial charge is 0.494 e. The maximum atomic E-state index is 12.5. The lowest BCUT2D eigenvalue weighted by atomic mass is 10.0. The lowest BCUT2D eigenvalue weighted by molar-refractivity contribution is 0.104. The molecule has 0 fully saturated rings. The number of nitrogens with one attached hydrogen (secondary N) is 1. The summed E-state index contributed by atoms with van der Waals surface area (Å²) in [5.41, 5.74) is 1.62. The van der Waals surface area contributed by atoms with E-state index in [0.717, 1.165) is 28.6 Å². The number of fused-ring (bicyclic) bond motifs is 1. The molecule has 3 rings (SSSR count). The van der Waals surface area contributed by atoms with Crippen molar-refractivity contribution >= 4 is 22.2 Å². The van der Waals surface area contributed by atoms with Gasteiger partial charge in [0, 0.05) is 23.5 Å². The summed E-state index contributed by atoms with van der Waals surface area (Å²) in [7, 11) is 0. The van der Waals surface area contributed by atoms with Crippen LogP contribution in [0.2, 0.25) is 0 Å². The molecular formula is C22H21NO2. The summed E-state index contributed by atoms with van der Waals surface area (Å²) in [5.74, 6) is 0.829. The van der Waals surface area contributed by atoms with E-state index in [2.05, 4.69) is 12.2 Å².